The van der Waals surface area contributed by atoms with E-state index in [1.807, 2.05) is 0 Å². The van der Waals surface area contributed by atoms with E-state index in [1.54, 1.807) is 0 Å². The Balaban J connectivity index is 1.34. The van der Waals surface area contributed by atoms with Crippen molar-refractivity contribution in [1.82, 2.24) is 0 Å². The van der Waals surface area contributed by atoms with E-state index < -0.39 is 0 Å². The molecule has 4 aromatic carbocycles. The van der Waals surface area contributed by atoms with Crippen molar-refractivity contribution in [3.8, 4) is 22.3 Å². The van der Waals surface area contributed by atoms with Crippen molar-refractivity contribution in [2.75, 3.05) is 22.9 Å². The van der Waals surface area contributed by atoms with Crippen LogP contribution in [0.2, 0.25) is 0 Å². The zero-order valence-corrected chi connectivity index (χ0v) is 23.9. The summed E-state index contributed by atoms with van der Waals surface area (Å²) < 4.78 is 0. The van der Waals surface area contributed by atoms with Gasteiger partial charge in [-0.2, -0.15) is 0 Å². The summed E-state index contributed by atoms with van der Waals surface area (Å²) in [6.45, 7) is 10.8. The lowest BCUT2D eigenvalue weighted by Crippen LogP contribution is -2.42. The van der Waals surface area contributed by atoms with Crippen LogP contribution in [0.25, 0.3) is 22.3 Å². The molecule has 0 fully saturated rings. The smallest absolute Gasteiger partial charge is 0.172 e. The molecule has 0 saturated heterocycles. The van der Waals surface area contributed by atoms with Gasteiger partial charge in [-0.3, -0.25) is 9.98 Å². The maximum atomic E-state index is 5.31. The van der Waals surface area contributed by atoms with Crippen LogP contribution in [0.5, 0.6) is 0 Å². The minimum atomic E-state index is 0.229. The molecule has 0 bridgehead atoms. The molecule has 2 aliphatic heterocycles. The lowest BCUT2D eigenvalue weighted by atomic mass is 10.0. The summed E-state index contributed by atoms with van der Waals surface area (Å²) in [5.41, 5.74) is 7.23. The van der Waals surface area contributed by atoms with Gasteiger partial charge in [0.2, 0.25) is 0 Å². The predicted molar refractivity (Wildman–Crippen MR) is 171 cm³/mol. The quantitative estimate of drug-likeness (QED) is 0.243. The van der Waals surface area contributed by atoms with E-state index in [0.29, 0.717) is 11.8 Å². The van der Waals surface area contributed by atoms with Gasteiger partial charge in [0.25, 0.3) is 0 Å². The van der Waals surface area contributed by atoms with Gasteiger partial charge in [0, 0.05) is 24.5 Å². The number of anilines is 2. The van der Waals surface area contributed by atoms with Crippen LogP contribution in [0.15, 0.2) is 119 Å². The van der Waals surface area contributed by atoms with Crippen LogP contribution in [-0.4, -0.2) is 36.8 Å². The molecule has 0 spiro atoms. The Kier molecular flexibility index (Phi) is 7.25. The molecular weight excluding hydrogens is 488 g/mol. The number of aliphatic imine (C=N–C) groups is 2. The summed E-state index contributed by atoms with van der Waals surface area (Å²) in [5.74, 6) is 2.87. The molecule has 0 N–H and O–H groups in total. The maximum absolute atomic E-state index is 5.31. The number of rotatable bonds is 7. The van der Waals surface area contributed by atoms with E-state index in [-0.39, 0.29) is 12.1 Å². The van der Waals surface area contributed by atoms with Crippen LogP contribution >= 0.6 is 0 Å². The molecule has 0 radical (unpaired) electrons. The largest absolute Gasteiger partial charge is 0.321 e. The summed E-state index contributed by atoms with van der Waals surface area (Å²) in [4.78, 5) is 15.4. The molecule has 0 aliphatic carbocycles. The summed E-state index contributed by atoms with van der Waals surface area (Å²) in [5, 5.41) is 0. The van der Waals surface area contributed by atoms with Gasteiger partial charge in [-0.25, -0.2) is 0 Å². The minimum Gasteiger partial charge on any atom is -0.321 e. The molecule has 0 amide bonds. The SMILES string of the molecule is CC(C)[C@H]1CN(c2ccc(-c3ccccc3)cc2)C(C2=N[C@@H](C(C)C)CN2c2ccc(-c3ccccc3)cc2)=N1. The number of amidine groups is 2. The molecule has 202 valence electrons. The number of nitrogens with zero attached hydrogens (tertiary/aromatic N) is 4. The molecule has 0 unspecified atom stereocenters. The second-order valence-electron chi connectivity index (χ2n) is 11.6. The van der Waals surface area contributed by atoms with Crippen LogP contribution in [0.4, 0.5) is 11.4 Å². The third-order valence-electron chi connectivity index (χ3n) is 8.14. The first-order valence-electron chi connectivity index (χ1n) is 14.5. The van der Waals surface area contributed by atoms with Crippen LogP contribution in [0, 0.1) is 11.8 Å². The van der Waals surface area contributed by atoms with Gasteiger partial charge in [-0.05, 0) is 58.4 Å². The summed E-state index contributed by atoms with van der Waals surface area (Å²) in [7, 11) is 0. The lowest BCUT2D eigenvalue weighted by molar-refractivity contribution is 0.521. The number of hydrogen-bond acceptors (Lipinski definition) is 4. The van der Waals surface area contributed by atoms with Crippen molar-refractivity contribution in [2.24, 2.45) is 21.8 Å². The Labute approximate surface area is 238 Å². The molecule has 40 heavy (non-hydrogen) atoms. The van der Waals surface area contributed by atoms with Crippen molar-refractivity contribution < 1.29 is 0 Å². The predicted octanol–water partition coefficient (Wildman–Crippen LogP) is 8.21. The van der Waals surface area contributed by atoms with Crippen LogP contribution < -0.4 is 9.80 Å². The lowest BCUT2D eigenvalue weighted by Gasteiger charge is -2.27. The summed E-state index contributed by atoms with van der Waals surface area (Å²) in [6.07, 6.45) is 0. The van der Waals surface area contributed by atoms with Crippen molar-refractivity contribution in [3.63, 3.8) is 0 Å². The first kappa shape index (κ1) is 26.1. The zero-order valence-electron chi connectivity index (χ0n) is 23.9. The molecule has 4 nitrogen and oxygen atoms in total. The van der Waals surface area contributed by atoms with Gasteiger partial charge in [0.05, 0.1) is 12.1 Å². The first-order chi connectivity index (χ1) is 19.5. The van der Waals surface area contributed by atoms with Crippen LogP contribution in [-0.2, 0) is 0 Å². The molecule has 4 aromatic rings. The second-order valence-corrected chi connectivity index (χ2v) is 11.6. The average molecular weight is 527 g/mol. The van der Waals surface area contributed by atoms with E-state index in [1.165, 1.54) is 22.3 Å². The van der Waals surface area contributed by atoms with Crippen molar-refractivity contribution in [2.45, 2.75) is 39.8 Å². The second kappa shape index (κ2) is 11.1. The number of hydrogen-bond donors (Lipinski definition) is 0. The fourth-order valence-electron chi connectivity index (χ4n) is 5.54. The monoisotopic (exact) mass is 526 g/mol. The van der Waals surface area contributed by atoms with E-state index in [2.05, 4.69) is 147 Å². The highest BCUT2D eigenvalue weighted by molar-refractivity contribution is 6.50. The molecule has 2 aliphatic rings. The summed E-state index contributed by atoms with van der Waals surface area (Å²) in [6, 6.07) is 39.4. The fraction of sp³-hybridized carbons (Fsp3) is 0.278. The Hall–Kier alpha value is -4.18. The third kappa shape index (κ3) is 5.19. The Morgan fingerprint density at radius 3 is 1.12 bits per heavy atom. The van der Waals surface area contributed by atoms with E-state index in [4.69, 9.17) is 9.98 Å². The number of benzene rings is 4. The van der Waals surface area contributed by atoms with E-state index in [9.17, 15) is 0 Å². The molecular formula is C36H38N4. The van der Waals surface area contributed by atoms with Gasteiger partial charge in [0.15, 0.2) is 11.7 Å². The maximum Gasteiger partial charge on any atom is 0.172 e. The molecule has 0 aromatic heterocycles. The highest BCUT2D eigenvalue weighted by Gasteiger charge is 2.38. The standard InChI is InChI=1S/C36H38N4/c1-25(2)33-23-39(31-19-15-29(16-20-31)27-11-7-5-8-12-27)35(37-33)36-38-34(26(3)4)24-40(36)32-21-17-30(18-22-32)28-13-9-6-10-14-28/h5-22,25-26,33-34H,23-24H2,1-4H3/t33-,34-/m1/s1. The normalized spacial score (nSPS) is 18.9. The average Bonchev–Trinajstić information content (AvgIpc) is 3.64. The van der Waals surface area contributed by atoms with Crippen molar-refractivity contribution >= 4 is 23.0 Å². The van der Waals surface area contributed by atoms with Gasteiger partial charge >= 0.3 is 0 Å². The third-order valence-corrected chi connectivity index (χ3v) is 8.14. The van der Waals surface area contributed by atoms with E-state index >= 15 is 0 Å². The Morgan fingerprint density at radius 1 is 0.475 bits per heavy atom. The molecule has 6 rings (SSSR count). The van der Waals surface area contributed by atoms with Crippen molar-refractivity contribution in [3.05, 3.63) is 109 Å². The van der Waals surface area contributed by atoms with E-state index in [0.717, 1.165) is 36.1 Å². The Morgan fingerprint density at radius 2 is 0.800 bits per heavy atom. The van der Waals surface area contributed by atoms with Crippen molar-refractivity contribution in [1.29, 1.82) is 0 Å². The zero-order chi connectivity index (χ0) is 27.6. The van der Waals surface area contributed by atoms with Gasteiger partial charge < -0.3 is 9.80 Å². The highest BCUT2D eigenvalue weighted by Crippen LogP contribution is 2.32. The first-order valence-corrected chi connectivity index (χ1v) is 14.5. The van der Waals surface area contributed by atoms with Gasteiger partial charge in [-0.15, -0.1) is 0 Å². The highest BCUT2D eigenvalue weighted by atomic mass is 15.4. The van der Waals surface area contributed by atoms with Crippen LogP contribution in [0.1, 0.15) is 27.7 Å². The molecule has 2 atom stereocenters. The fourth-order valence-corrected chi connectivity index (χ4v) is 5.54. The van der Waals surface area contributed by atoms with Gasteiger partial charge in [0.1, 0.15) is 0 Å². The topological polar surface area (TPSA) is 31.2 Å². The van der Waals surface area contributed by atoms with Gasteiger partial charge in [-0.1, -0.05) is 113 Å². The molecule has 0 saturated carbocycles. The molecule has 2 heterocycles. The summed E-state index contributed by atoms with van der Waals surface area (Å²) >= 11 is 0. The minimum absolute atomic E-state index is 0.229. The Bertz CT molecular complexity index is 1370. The molecule has 4 heteroatoms. The van der Waals surface area contributed by atoms with Crippen LogP contribution in [0.3, 0.4) is 0 Å².